The average molecular weight is 243 g/mol. The normalized spacial score (nSPS) is 14.5. The van der Waals surface area contributed by atoms with E-state index in [0.29, 0.717) is 0 Å². The average Bonchev–Trinajstić information content (AvgIpc) is 2.67. The van der Waals surface area contributed by atoms with E-state index in [1.54, 1.807) is 0 Å². The zero-order valence-corrected chi connectivity index (χ0v) is 11.6. The molecular weight excluding hydrogens is 222 g/mol. The molecule has 0 radical (unpaired) electrons. The maximum atomic E-state index is 6.46. The largest absolute Gasteiger partial charge is 0.338 e. The van der Waals surface area contributed by atoms with Crippen LogP contribution in [-0.2, 0) is 19.0 Å². The first kappa shape index (κ1) is 12.8. The number of nitrogens with zero attached hydrogens (tertiary/aromatic N) is 2. The van der Waals surface area contributed by atoms with Gasteiger partial charge in [-0.25, -0.2) is 4.98 Å². The second kappa shape index (κ2) is 4.58. The van der Waals surface area contributed by atoms with Crippen LogP contribution in [0.4, 0.5) is 0 Å². The van der Waals surface area contributed by atoms with Crippen LogP contribution >= 0.6 is 0 Å². The number of benzene rings is 1. The molecule has 0 aliphatic rings. The third-order valence-electron chi connectivity index (χ3n) is 3.61. The molecule has 1 atom stereocenters. The van der Waals surface area contributed by atoms with Crippen molar-refractivity contribution in [2.45, 2.75) is 32.7 Å². The molecule has 1 heterocycles. The Morgan fingerprint density at radius 1 is 1.28 bits per heavy atom. The topological polar surface area (TPSA) is 43.8 Å². The SMILES string of the molecule is Cc1ccc(C(C)(N)Cc2nccn2C)cc1C. The molecule has 3 heteroatoms. The highest BCUT2D eigenvalue weighted by Gasteiger charge is 2.23. The molecule has 18 heavy (non-hydrogen) atoms. The third kappa shape index (κ3) is 2.46. The van der Waals surface area contributed by atoms with Crippen molar-refractivity contribution >= 4 is 0 Å². The lowest BCUT2D eigenvalue weighted by molar-refractivity contribution is 0.470. The van der Waals surface area contributed by atoms with Crippen LogP contribution in [0, 0.1) is 13.8 Å². The maximum Gasteiger partial charge on any atom is 0.110 e. The summed E-state index contributed by atoms with van der Waals surface area (Å²) in [7, 11) is 2.00. The van der Waals surface area contributed by atoms with Crippen LogP contribution < -0.4 is 5.73 Å². The first-order valence-corrected chi connectivity index (χ1v) is 6.23. The highest BCUT2D eigenvalue weighted by atomic mass is 15.0. The number of rotatable bonds is 3. The molecule has 1 aromatic carbocycles. The van der Waals surface area contributed by atoms with E-state index in [1.165, 1.54) is 11.1 Å². The van der Waals surface area contributed by atoms with Gasteiger partial charge in [0.2, 0.25) is 0 Å². The fraction of sp³-hybridized carbons (Fsp3) is 0.400. The van der Waals surface area contributed by atoms with Gasteiger partial charge >= 0.3 is 0 Å². The molecule has 2 rings (SSSR count). The lowest BCUT2D eigenvalue weighted by Gasteiger charge is -2.25. The number of hydrogen-bond donors (Lipinski definition) is 1. The summed E-state index contributed by atoms with van der Waals surface area (Å²) in [6, 6.07) is 6.43. The minimum atomic E-state index is -0.391. The van der Waals surface area contributed by atoms with Crippen LogP contribution in [0.3, 0.4) is 0 Å². The lowest BCUT2D eigenvalue weighted by Crippen LogP contribution is -2.36. The van der Waals surface area contributed by atoms with E-state index in [2.05, 4.69) is 44.0 Å². The van der Waals surface area contributed by atoms with Crippen LogP contribution in [0.25, 0.3) is 0 Å². The van der Waals surface area contributed by atoms with Gasteiger partial charge in [-0.05, 0) is 37.5 Å². The lowest BCUT2D eigenvalue weighted by atomic mass is 9.87. The van der Waals surface area contributed by atoms with Crippen molar-refractivity contribution in [1.82, 2.24) is 9.55 Å². The number of hydrogen-bond acceptors (Lipinski definition) is 2. The third-order valence-corrected chi connectivity index (χ3v) is 3.61. The summed E-state index contributed by atoms with van der Waals surface area (Å²) in [5.74, 6) is 1.01. The molecule has 0 aliphatic carbocycles. The summed E-state index contributed by atoms with van der Waals surface area (Å²) >= 11 is 0. The van der Waals surface area contributed by atoms with Crippen LogP contribution in [0.1, 0.15) is 29.4 Å². The Hall–Kier alpha value is -1.61. The Morgan fingerprint density at radius 3 is 2.56 bits per heavy atom. The summed E-state index contributed by atoms with van der Waals surface area (Å²) in [4.78, 5) is 4.35. The zero-order chi connectivity index (χ0) is 13.3. The summed E-state index contributed by atoms with van der Waals surface area (Å²) in [5.41, 5.74) is 9.81. The van der Waals surface area contributed by atoms with Crippen molar-refractivity contribution in [3.63, 3.8) is 0 Å². The Labute approximate surface area is 109 Å². The first-order valence-electron chi connectivity index (χ1n) is 6.23. The molecule has 0 amide bonds. The zero-order valence-electron chi connectivity index (χ0n) is 11.6. The van der Waals surface area contributed by atoms with Crippen molar-refractivity contribution in [1.29, 1.82) is 0 Å². The van der Waals surface area contributed by atoms with Crippen LogP contribution in [0.5, 0.6) is 0 Å². The van der Waals surface area contributed by atoms with Gasteiger partial charge in [0.15, 0.2) is 0 Å². The summed E-state index contributed by atoms with van der Waals surface area (Å²) < 4.78 is 2.02. The number of aryl methyl sites for hydroxylation is 3. The maximum absolute atomic E-state index is 6.46. The van der Waals surface area contributed by atoms with Crippen LogP contribution in [0.2, 0.25) is 0 Å². The van der Waals surface area contributed by atoms with Crippen molar-refractivity contribution < 1.29 is 0 Å². The monoisotopic (exact) mass is 243 g/mol. The quantitative estimate of drug-likeness (QED) is 0.900. The fourth-order valence-corrected chi connectivity index (χ4v) is 2.09. The number of imidazole rings is 1. The van der Waals surface area contributed by atoms with E-state index in [-0.39, 0.29) is 0 Å². The molecule has 3 nitrogen and oxygen atoms in total. The molecule has 0 fully saturated rings. The minimum Gasteiger partial charge on any atom is -0.338 e. The van der Waals surface area contributed by atoms with Crippen molar-refractivity contribution in [2.75, 3.05) is 0 Å². The van der Waals surface area contributed by atoms with Crippen molar-refractivity contribution in [2.24, 2.45) is 12.8 Å². The van der Waals surface area contributed by atoms with Gasteiger partial charge in [-0.15, -0.1) is 0 Å². The second-order valence-electron chi connectivity index (χ2n) is 5.35. The molecule has 2 aromatic rings. The molecular formula is C15H21N3. The summed E-state index contributed by atoms with van der Waals surface area (Å²) in [6.07, 6.45) is 4.50. The van der Waals surface area contributed by atoms with Crippen LogP contribution in [0.15, 0.2) is 30.6 Å². The van der Waals surface area contributed by atoms with Gasteiger partial charge < -0.3 is 10.3 Å². The number of nitrogens with two attached hydrogens (primary N) is 1. The molecule has 0 bridgehead atoms. The van der Waals surface area contributed by atoms with Crippen molar-refractivity contribution in [3.05, 3.63) is 53.1 Å². The Balaban J connectivity index is 2.30. The van der Waals surface area contributed by atoms with Gasteiger partial charge in [-0.3, -0.25) is 0 Å². The van der Waals surface area contributed by atoms with E-state index in [4.69, 9.17) is 5.73 Å². The highest BCUT2D eigenvalue weighted by molar-refractivity contribution is 5.34. The van der Waals surface area contributed by atoms with E-state index in [0.717, 1.165) is 17.8 Å². The predicted molar refractivity (Wildman–Crippen MR) is 74.4 cm³/mol. The van der Waals surface area contributed by atoms with E-state index in [1.807, 2.05) is 24.0 Å². The van der Waals surface area contributed by atoms with Gasteiger partial charge in [-0.2, -0.15) is 0 Å². The second-order valence-corrected chi connectivity index (χ2v) is 5.35. The Bertz CT molecular complexity index is 553. The van der Waals surface area contributed by atoms with Gasteiger partial charge in [0, 0.05) is 31.4 Å². The molecule has 2 N–H and O–H groups in total. The van der Waals surface area contributed by atoms with Gasteiger partial charge in [-0.1, -0.05) is 18.2 Å². The Morgan fingerprint density at radius 2 is 2.00 bits per heavy atom. The highest BCUT2D eigenvalue weighted by Crippen LogP contribution is 2.24. The molecule has 0 saturated carbocycles. The number of aromatic nitrogens is 2. The van der Waals surface area contributed by atoms with E-state index in [9.17, 15) is 0 Å². The first-order chi connectivity index (χ1) is 8.40. The molecule has 1 unspecified atom stereocenters. The summed E-state index contributed by atoms with van der Waals surface area (Å²) in [5, 5.41) is 0. The van der Waals surface area contributed by atoms with Gasteiger partial charge in [0.25, 0.3) is 0 Å². The minimum absolute atomic E-state index is 0.391. The van der Waals surface area contributed by atoms with E-state index < -0.39 is 5.54 Å². The molecule has 0 aliphatic heterocycles. The van der Waals surface area contributed by atoms with E-state index >= 15 is 0 Å². The Kier molecular flexibility index (Phi) is 3.26. The fourth-order valence-electron chi connectivity index (χ4n) is 2.09. The van der Waals surface area contributed by atoms with Crippen LogP contribution in [-0.4, -0.2) is 9.55 Å². The molecule has 1 aromatic heterocycles. The molecule has 96 valence electrons. The standard InChI is InChI=1S/C15H21N3/c1-11-5-6-13(9-12(11)2)15(3,16)10-14-17-7-8-18(14)4/h5-9H,10,16H2,1-4H3. The smallest absolute Gasteiger partial charge is 0.110 e. The van der Waals surface area contributed by atoms with Crippen molar-refractivity contribution in [3.8, 4) is 0 Å². The predicted octanol–water partition coefficient (Wildman–Crippen LogP) is 2.45. The molecule has 0 saturated heterocycles. The van der Waals surface area contributed by atoms with Gasteiger partial charge in [0.1, 0.15) is 5.82 Å². The van der Waals surface area contributed by atoms with Gasteiger partial charge in [0.05, 0.1) is 0 Å². The summed E-state index contributed by atoms with van der Waals surface area (Å²) in [6.45, 7) is 6.30. The molecule has 0 spiro atoms.